The third-order valence-electron chi connectivity index (χ3n) is 18.3. The minimum Gasteiger partial charge on any atom is -0.394 e. The summed E-state index contributed by atoms with van der Waals surface area (Å²) in [4.78, 5) is 188. The zero-order valence-electron chi connectivity index (χ0n) is 67.0. The average Bonchev–Trinajstić information content (AvgIpc) is 1.64. The summed E-state index contributed by atoms with van der Waals surface area (Å²) in [5, 5.41) is 32.4. The third-order valence-corrected chi connectivity index (χ3v) is 18.8. The number of alkyl halides is 1. The van der Waals surface area contributed by atoms with Crippen LogP contribution >= 0.6 is 15.9 Å². The Labute approximate surface area is 725 Å². The number of anilines is 3. The number of hydrogen-bond acceptors (Lipinski definition) is 23. The highest BCUT2D eigenvalue weighted by molar-refractivity contribution is 9.09. The van der Waals surface area contributed by atoms with Crippen molar-refractivity contribution >= 4 is 115 Å². The number of amides is 11. The topological polar surface area (TPSA) is 544 Å². The highest BCUT2D eigenvalue weighted by atomic mass is 79.9. The van der Waals surface area contributed by atoms with Crippen molar-refractivity contribution in [3.8, 4) is 34.0 Å². The average molecular weight is 1770 g/mol. The Hall–Kier alpha value is -16.2. The summed E-state index contributed by atoms with van der Waals surface area (Å²) in [7, 11) is 12.7. The standard InChI is InChI=1S/C19H20N4O4.C16H14N4O3.C16H16N4O2.C16H13N3O4.C9H10N4O2.C8H9BrN2O2.CH4.7H2/c1-20-17(25)14-8-11(9-21-14)16(24)15(10-22(2)3)23-18(26)12-6-4-5-7-13(12)19(23)27;1-17-16(22)12-7-11(8-18-12)14-13(9-19-23-14)20-15(21)10-5-3-2-4-6-10;1-17-16(21)13-7-12(9-19-13)15-14(10-20-22-15)18-8-11-5-3-2-4-6-11;1-17-14(21)12-6-9(7-18-12)13(20)8-19-15(22)10-4-2-3-5-11(10)16(19)23;1-11-9(14)7-2-5(3-12-7)8-6(10)4-13-15-8;1-10-8(13)6-2-5(4-11-6)7(12)3-9;;;;;;;;/h4-9,15,21H,10H2,1-3H3,(H,20,25);2-9,18H,1H3,(H,17,22)(H,20,21);2-7,9-10,18-19H,8H2,1H3,(H,17,21);2-7,18H,8H2,1H3,(H,17,21);2-4,12H,10H2,1H3,(H,11,14);2,4,11H,3H2,1H3,(H,10,13);1H4;7*1H. The van der Waals surface area contributed by atoms with Gasteiger partial charge in [0.1, 0.15) is 57.3 Å². The molecule has 0 aliphatic carbocycles. The van der Waals surface area contributed by atoms with E-state index in [1.165, 1.54) is 70.3 Å². The van der Waals surface area contributed by atoms with E-state index < -0.39 is 41.2 Å². The zero-order valence-corrected chi connectivity index (χ0v) is 68.6. The number of nitrogens with zero attached hydrogens (tertiary/aromatic N) is 6. The van der Waals surface area contributed by atoms with E-state index in [-0.39, 0.29) is 105 Å². The number of carbonyl (C=O) groups excluding carboxylic acids is 14. The Balaban J connectivity index is 0.000000532. The fraction of sp³-hybridized carbons (Fsp3) is 0.165. The van der Waals surface area contributed by atoms with Crippen LogP contribution in [0.15, 0.2) is 215 Å². The summed E-state index contributed by atoms with van der Waals surface area (Å²) < 4.78 is 15.4. The molecule has 0 bridgehead atoms. The third kappa shape index (κ3) is 22.2. The van der Waals surface area contributed by atoms with Crippen molar-refractivity contribution in [2.24, 2.45) is 0 Å². The van der Waals surface area contributed by atoms with Gasteiger partial charge in [-0.3, -0.25) is 76.9 Å². The van der Waals surface area contributed by atoms with Crippen molar-refractivity contribution in [2.75, 3.05) is 91.2 Å². The fourth-order valence-electron chi connectivity index (χ4n) is 12.0. The molecule has 13 aromatic rings. The molecule has 0 saturated heterocycles. The molecule has 11 amide bonds. The van der Waals surface area contributed by atoms with Crippen LogP contribution in [0.5, 0.6) is 0 Å². The number of ketones is 3. The summed E-state index contributed by atoms with van der Waals surface area (Å²) in [6.45, 7) is 0.476. The number of carbonyl (C=O) groups is 14. The van der Waals surface area contributed by atoms with Crippen LogP contribution in [0.3, 0.4) is 0 Å². The molecule has 11 heterocycles. The van der Waals surface area contributed by atoms with Crippen molar-refractivity contribution in [2.45, 2.75) is 20.0 Å². The van der Waals surface area contributed by atoms with Gasteiger partial charge >= 0.3 is 0 Å². The van der Waals surface area contributed by atoms with E-state index in [2.05, 4.69) is 104 Å². The lowest BCUT2D eigenvalue weighted by atomic mass is 10.0. The number of rotatable bonds is 24. The number of likely N-dealkylation sites (N-methyl/N-ethyl adjacent to an activating group) is 1. The molecule has 1 atom stereocenters. The molecule has 0 spiro atoms. The van der Waals surface area contributed by atoms with Crippen molar-refractivity contribution in [1.29, 1.82) is 0 Å². The maximum Gasteiger partial charge on any atom is 0.267 e. The maximum absolute atomic E-state index is 13.1. The van der Waals surface area contributed by atoms with Crippen LogP contribution in [-0.4, -0.2) is 223 Å². The first-order chi connectivity index (χ1) is 59.2. The first-order valence-corrected chi connectivity index (χ1v) is 38.3. The number of imide groups is 2. The molecule has 124 heavy (non-hydrogen) atoms. The van der Waals surface area contributed by atoms with E-state index in [1.807, 2.05) is 36.4 Å². The minimum absolute atomic E-state index is 0. The smallest absolute Gasteiger partial charge is 0.267 e. The molecule has 0 fully saturated rings. The molecule has 654 valence electrons. The largest absolute Gasteiger partial charge is 0.394 e. The van der Waals surface area contributed by atoms with Gasteiger partial charge in [0, 0.05) is 141 Å². The normalized spacial score (nSPS) is 11.6. The lowest BCUT2D eigenvalue weighted by Gasteiger charge is -2.27. The van der Waals surface area contributed by atoms with Gasteiger partial charge in [0.05, 0.1) is 52.7 Å². The molecule has 0 radical (unpaired) electrons. The molecule has 2 aliphatic rings. The van der Waals surface area contributed by atoms with Gasteiger partial charge in [-0.15, -0.1) is 0 Å². The number of fused-ring (bicyclic) bond motifs is 2. The van der Waals surface area contributed by atoms with E-state index in [1.54, 1.807) is 156 Å². The van der Waals surface area contributed by atoms with Gasteiger partial charge in [-0.1, -0.05) is 112 Å². The summed E-state index contributed by atoms with van der Waals surface area (Å²) in [6.07, 6.45) is 13.8. The van der Waals surface area contributed by atoms with Crippen LogP contribution in [0, 0.1) is 0 Å². The molecule has 15 rings (SSSR count). The predicted molar refractivity (Wildman–Crippen MR) is 474 cm³/mol. The number of nitrogens with two attached hydrogens (primary N) is 1. The van der Waals surface area contributed by atoms with E-state index in [4.69, 9.17) is 19.3 Å². The second-order valence-electron chi connectivity index (χ2n) is 26.6. The van der Waals surface area contributed by atoms with Crippen molar-refractivity contribution in [3.63, 3.8) is 0 Å². The number of hydrogen-bond donors (Lipinski definition) is 15. The number of H-pyrrole nitrogens is 6. The molecular weight excluding hydrogens is 1670 g/mol. The van der Waals surface area contributed by atoms with Crippen LogP contribution in [-0.2, 0) is 6.54 Å². The lowest BCUT2D eigenvalue weighted by Crippen LogP contribution is -2.50. The molecule has 2 aliphatic heterocycles. The molecule has 38 nitrogen and oxygen atoms in total. The number of nitrogen functional groups attached to an aromatic ring is 1. The van der Waals surface area contributed by atoms with E-state index in [0.717, 1.165) is 26.6 Å². The molecular formula is C85H100BrN21O17. The lowest BCUT2D eigenvalue weighted by molar-refractivity contribution is 0.0514. The van der Waals surface area contributed by atoms with Gasteiger partial charge in [-0.25, -0.2) is 0 Å². The molecule has 4 aromatic carbocycles. The number of Topliss-reactive ketones (excluding diaryl/α,β-unsaturated/α-hetero) is 3. The second kappa shape index (κ2) is 43.0. The van der Waals surface area contributed by atoms with Crippen LogP contribution in [0.1, 0.15) is 169 Å². The highest BCUT2D eigenvalue weighted by Gasteiger charge is 2.44. The van der Waals surface area contributed by atoms with E-state index in [0.29, 0.717) is 102 Å². The van der Waals surface area contributed by atoms with Gasteiger partial charge in [-0.2, -0.15) is 0 Å². The highest BCUT2D eigenvalue weighted by Crippen LogP contribution is 2.33. The van der Waals surface area contributed by atoms with Crippen molar-refractivity contribution < 1.29 is 90.7 Å². The van der Waals surface area contributed by atoms with Crippen LogP contribution in [0.25, 0.3) is 34.0 Å². The monoisotopic (exact) mass is 1770 g/mol. The van der Waals surface area contributed by atoms with Crippen molar-refractivity contribution in [3.05, 3.63) is 286 Å². The second-order valence-corrected chi connectivity index (χ2v) is 27.1. The van der Waals surface area contributed by atoms with Gasteiger partial charge in [0.25, 0.3) is 65.0 Å². The van der Waals surface area contributed by atoms with E-state index >= 15 is 0 Å². The Kier molecular flexibility index (Phi) is 31.8. The number of aromatic nitrogens is 9. The Bertz CT molecular complexity index is 5960. The minimum atomic E-state index is -0.999. The van der Waals surface area contributed by atoms with Gasteiger partial charge in [-0.05, 0) is 92.5 Å². The van der Waals surface area contributed by atoms with Crippen LogP contribution in [0.2, 0.25) is 0 Å². The summed E-state index contributed by atoms with van der Waals surface area (Å²) in [5.41, 5.74) is 15.4. The Morgan fingerprint density at radius 1 is 0.435 bits per heavy atom. The van der Waals surface area contributed by atoms with E-state index in [9.17, 15) is 67.1 Å². The van der Waals surface area contributed by atoms with Crippen LogP contribution in [0.4, 0.5) is 17.1 Å². The van der Waals surface area contributed by atoms with Crippen LogP contribution < -0.4 is 48.3 Å². The maximum atomic E-state index is 13.1. The molecule has 0 saturated carbocycles. The van der Waals surface area contributed by atoms with Gasteiger partial charge < -0.3 is 96.6 Å². The number of benzene rings is 4. The first-order valence-electron chi connectivity index (χ1n) is 37.2. The molecule has 39 heteroatoms. The molecule has 9 aromatic heterocycles. The summed E-state index contributed by atoms with van der Waals surface area (Å²) in [6, 6.07) is 40.2. The number of nitrogens with one attached hydrogen (secondary N) is 14. The van der Waals surface area contributed by atoms with Gasteiger partial charge in [0.15, 0.2) is 34.6 Å². The first kappa shape index (κ1) is 91.7. The quantitative estimate of drug-likeness (QED) is 0.0152. The van der Waals surface area contributed by atoms with Crippen molar-refractivity contribution in [1.82, 2.24) is 92.0 Å². The number of halogens is 1. The SMILES string of the molecule is C.CNC(=O)c1cc(-c2oncc2N)c[nH]1.CNC(=O)c1cc(-c2oncc2NC(=O)c2ccccc2)c[nH]1.CNC(=O)c1cc(-c2oncc2NCc2ccccc2)c[nH]1.CNC(=O)c1cc(C(=O)C(CN(C)C)N2C(=O)c3ccccc3C2=O)c[nH]1.CNC(=O)c1cc(C(=O)CBr)c[nH]1.CNC(=O)c1cc(C(=O)CN2C(=O)c3ccccc3C2=O)c[nH]1.[HH].[HH].[HH].[HH].[HH].[HH].[HH]. The fourth-order valence-corrected chi connectivity index (χ4v) is 12.3. The Morgan fingerprint density at radius 3 is 1.21 bits per heavy atom. The predicted octanol–water partition coefficient (Wildman–Crippen LogP) is 10.5. The zero-order chi connectivity index (χ0) is 88.6. The summed E-state index contributed by atoms with van der Waals surface area (Å²) in [5.74, 6) is -3.23. The molecule has 1 unspecified atom stereocenters. The van der Waals surface area contributed by atoms with Gasteiger partial charge in [0.2, 0.25) is 0 Å². The number of aromatic amines is 6. The summed E-state index contributed by atoms with van der Waals surface area (Å²) >= 11 is 3.05. The Morgan fingerprint density at radius 2 is 0.790 bits per heavy atom. The molecule has 16 N–H and O–H groups in total.